The number of aliphatic hydroxyl groups is 1. The van der Waals surface area contributed by atoms with Crippen molar-refractivity contribution < 1.29 is 19.8 Å². The van der Waals surface area contributed by atoms with Crippen molar-refractivity contribution in [2.24, 2.45) is 0 Å². The number of amides is 1. The van der Waals surface area contributed by atoms with Gasteiger partial charge in [-0.15, -0.1) is 0 Å². The molecule has 0 saturated carbocycles. The summed E-state index contributed by atoms with van der Waals surface area (Å²) in [7, 11) is 0. The van der Waals surface area contributed by atoms with Crippen molar-refractivity contribution in [2.75, 3.05) is 13.3 Å². The average Bonchev–Trinajstić information content (AvgIpc) is 2.26. The second kappa shape index (κ2) is 5.11. The Balaban J connectivity index is 2.78. The molecule has 0 heterocycles. The molecule has 15 heavy (non-hydrogen) atoms. The molecule has 0 saturated heterocycles. The molecule has 1 rings (SSSR count). The van der Waals surface area contributed by atoms with Gasteiger partial charge >= 0.3 is 5.97 Å². The maximum atomic E-state index is 11.6. The number of hydrogen-bond donors (Lipinski definition) is 2. The molecule has 0 unspecified atom stereocenters. The summed E-state index contributed by atoms with van der Waals surface area (Å²) < 4.78 is 0. The molecule has 1 amide bonds. The van der Waals surface area contributed by atoms with Gasteiger partial charge in [-0.1, -0.05) is 18.2 Å². The molecular formula is C10H11NO4. The van der Waals surface area contributed by atoms with Crippen molar-refractivity contribution in [3.63, 3.8) is 0 Å². The Hall–Kier alpha value is -1.88. The van der Waals surface area contributed by atoms with Crippen LogP contribution in [0.15, 0.2) is 30.3 Å². The van der Waals surface area contributed by atoms with Gasteiger partial charge in [0.25, 0.3) is 5.91 Å². The molecular weight excluding hydrogens is 198 g/mol. The summed E-state index contributed by atoms with van der Waals surface area (Å²) in [6.45, 7) is -1.12. The first kappa shape index (κ1) is 11.2. The highest BCUT2D eigenvalue weighted by Crippen LogP contribution is 2.03. The van der Waals surface area contributed by atoms with Crippen molar-refractivity contribution in [3.8, 4) is 0 Å². The largest absolute Gasteiger partial charge is 0.480 e. The van der Waals surface area contributed by atoms with E-state index in [1.807, 2.05) is 0 Å². The molecule has 0 aromatic heterocycles. The second-order valence-electron chi connectivity index (χ2n) is 2.90. The summed E-state index contributed by atoms with van der Waals surface area (Å²) in [5, 5.41) is 17.4. The molecule has 2 N–H and O–H groups in total. The summed E-state index contributed by atoms with van der Waals surface area (Å²) in [4.78, 5) is 22.9. The SMILES string of the molecule is O=C(O)CN(CO)C(=O)c1ccccc1. The lowest BCUT2D eigenvalue weighted by molar-refractivity contribution is -0.138. The molecule has 5 nitrogen and oxygen atoms in total. The molecule has 0 aliphatic carbocycles. The average molecular weight is 209 g/mol. The second-order valence-corrected chi connectivity index (χ2v) is 2.90. The Morgan fingerprint density at radius 3 is 2.27 bits per heavy atom. The van der Waals surface area contributed by atoms with Gasteiger partial charge in [0.2, 0.25) is 0 Å². The van der Waals surface area contributed by atoms with Gasteiger partial charge in [0.1, 0.15) is 13.3 Å². The lowest BCUT2D eigenvalue weighted by Crippen LogP contribution is -2.36. The van der Waals surface area contributed by atoms with Gasteiger partial charge < -0.3 is 15.1 Å². The van der Waals surface area contributed by atoms with Crippen molar-refractivity contribution in [1.29, 1.82) is 0 Å². The van der Waals surface area contributed by atoms with E-state index in [4.69, 9.17) is 10.2 Å². The molecule has 0 atom stereocenters. The number of nitrogens with zero attached hydrogens (tertiary/aromatic N) is 1. The zero-order valence-electron chi connectivity index (χ0n) is 7.96. The molecule has 1 aromatic carbocycles. The van der Waals surface area contributed by atoms with Crippen LogP contribution in [-0.4, -0.2) is 40.3 Å². The number of carboxylic acid groups (broad SMARTS) is 1. The van der Waals surface area contributed by atoms with E-state index < -0.39 is 25.2 Å². The molecule has 80 valence electrons. The van der Waals surface area contributed by atoms with Gasteiger partial charge in [-0.2, -0.15) is 0 Å². The summed E-state index contributed by atoms with van der Waals surface area (Å²) in [5.74, 6) is -1.66. The number of hydrogen-bond acceptors (Lipinski definition) is 3. The highest BCUT2D eigenvalue weighted by atomic mass is 16.4. The number of aliphatic hydroxyl groups excluding tert-OH is 1. The molecule has 0 spiro atoms. The maximum absolute atomic E-state index is 11.6. The first-order valence-electron chi connectivity index (χ1n) is 4.32. The predicted molar refractivity (Wildman–Crippen MR) is 52.2 cm³/mol. The fourth-order valence-electron chi connectivity index (χ4n) is 1.11. The fourth-order valence-corrected chi connectivity index (χ4v) is 1.11. The third-order valence-electron chi connectivity index (χ3n) is 1.80. The summed E-state index contributed by atoms with van der Waals surface area (Å²) >= 11 is 0. The van der Waals surface area contributed by atoms with Gasteiger partial charge in [0.05, 0.1) is 0 Å². The topological polar surface area (TPSA) is 77.8 Å². The van der Waals surface area contributed by atoms with Gasteiger partial charge in [-0.05, 0) is 12.1 Å². The van der Waals surface area contributed by atoms with Crippen LogP contribution in [0.5, 0.6) is 0 Å². The Morgan fingerprint density at radius 2 is 1.80 bits per heavy atom. The highest BCUT2D eigenvalue weighted by molar-refractivity contribution is 5.95. The minimum absolute atomic E-state index is 0.354. The Morgan fingerprint density at radius 1 is 1.20 bits per heavy atom. The van der Waals surface area contributed by atoms with E-state index in [-0.39, 0.29) is 0 Å². The summed E-state index contributed by atoms with van der Waals surface area (Å²) in [6, 6.07) is 8.21. The normalized spacial score (nSPS) is 9.67. The number of carbonyl (C=O) groups is 2. The summed E-state index contributed by atoms with van der Waals surface area (Å²) in [6.07, 6.45) is 0. The number of aliphatic carboxylic acids is 1. The smallest absolute Gasteiger partial charge is 0.323 e. The van der Waals surface area contributed by atoms with Crippen LogP contribution in [0, 0.1) is 0 Å². The van der Waals surface area contributed by atoms with E-state index in [0.29, 0.717) is 5.56 Å². The number of carbonyl (C=O) groups excluding carboxylic acids is 1. The highest BCUT2D eigenvalue weighted by Gasteiger charge is 2.16. The molecule has 5 heteroatoms. The number of carboxylic acids is 1. The first-order valence-corrected chi connectivity index (χ1v) is 4.32. The van der Waals surface area contributed by atoms with Gasteiger partial charge in [-0.25, -0.2) is 0 Å². The van der Waals surface area contributed by atoms with Gasteiger partial charge in [-0.3, -0.25) is 9.59 Å². The standard InChI is InChI=1S/C10H11NO4/c12-7-11(6-9(13)14)10(15)8-4-2-1-3-5-8/h1-5,12H,6-7H2,(H,13,14). The van der Waals surface area contributed by atoms with Crippen molar-refractivity contribution in [3.05, 3.63) is 35.9 Å². The molecule has 0 aliphatic rings. The lowest BCUT2D eigenvalue weighted by Gasteiger charge is -2.17. The van der Waals surface area contributed by atoms with Crippen LogP contribution < -0.4 is 0 Å². The fraction of sp³-hybridized carbons (Fsp3) is 0.200. The van der Waals surface area contributed by atoms with Crippen LogP contribution in [0.25, 0.3) is 0 Å². The van der Waals surface area contributed by atoms with E-state index in [9.17, 15) is 9.59 Å². The van der Waals surface area contributed by atoms with Crippen molar-refractivity contribution >= 4 is 11.9 Å². The lowest BCUT2D eigenvalue weighted by atomic mass is 10.2. The zero-order chi connectivity index (χ0) is 11.3. The van der Waals surface area contributed by atoms with Crippen LogP contribution in [0.4, 0.5) is 0 Å². The molecule has 0 fully saturated rings. The van der Waals surface area contributed by atoms with Crippen LogP contribution in [0.1, 0.15) is 10.4 Å². The van der Waals surface area contributed by atoms with Crippen molar-refractivity contribution in [2.45, 2.75) is 0 Å². The van der Waals surface area contributed by atoms with Crippen LogP contribution in [0.3, 0.4) is 0 Å². The Kier molecular flexibility index (Phi) is 3.82. The van der Waals surface area contributed by atoms with E-state index >= 15 is 0 Å². The zero-order valence-corrected chi connectivity index (χ0v) is 7.96. The van der Waals surface area contributed by atoms with E-state index in [1.54, 1.807) is 30.3 Å². The van der Waals surface area contributed by atoms with E-state index in [2.05, 4.69) is 0 Å². The predicted octanol–water partition coefficient (Wildman–Crippen LogP) is 0.163. The first-order chi connectivity index (χ1) is 7.15. The minimum atomic E-state index is -1.16. The minimum Gasteiger partial charge on any atom is -0.480 e. The Labute approximate surface area is 86.6 Å². The van der Waals surface area contributed by atoms with Crippen LogP contribution in [-0.2, 0) is 4.79 Å². The van der Waals surface area contributed by atoms with Crippen LogP contribution >= 0.6 is 0 Å². The number of rotatable bonds is 4. The van der Waals surface area contributed by atoms with E-state index in [0.717, 1.165) is 4.90 Å². The maximum Gasteiger partial charge on any atom is 0.323 e. The van der Waals surface area contributed by atoms with Gasteiger partial charge in [0.15, 0.2) is 0 Å². The third kappa shape index (κ3) is 3.07. The van der Waals surface area contributed by atoms with Gasteiger partial charge in [0, 0.05) is 5.56 Å². The third-order valence-corrected chi connectivity index (χ3v) is 1.80. The monoisotopic (exact) mass is 209 g/mol. The molecule has 0 radical (unpaired) electrons. The van der Waals surface area contributed by atoms with E-state index in [1.165, 1.54) is 0 Å². The quantitative estimate of drug-likeness (QED) is 0.692. The molecule has 0 aliphatic heterocycles. The van der Waals surface area contributed by atoms with Crippen LogP contribution in [0.2, 0.25) is 0 Å². The van der Waals surface area contributed by atoms with Crippen molar-refractivity contribution in [1.82, 2.24) is 4.90 Å². The summed E-state index contributed by atoms with van der Waals surface area (Å²) in [5.41, 5.74) is 0.354. The Bertz CT molecular complexity index is 350. The molecule has 0 bridgehead atoms. The number of benzene rings is 1. The molecule has 1 aromatic rings.